The number of rotatable bonds is 5. The molecule has 1 aromatic rings. The Hall–Kier alpha value is -0.530. The fraction of sp³-hybridized carbons (Fsp3) is 0.786. The molecule has 1 unspecified atom stereocenters. The van der Waals surface area contributed by atoms with Crippen molar-refractivity contribution in [1.29, 1.82) is 0 Å². The Morgan fingerprint density at radius 2 is 2.20 bits per heavy atom. The molecule has 0 aliphatic carbocycles. The summed E-state index contributed by atoms with van der Waals surface area (Å²) in [5.41, 5.74) is 1.09. The Bertz CT molecular complexity index is 400. The van der Waals surface area contributed by atoms with E-state index in [1.54, 1.807) is 7.11 Å². The van der Waals surface area contributed by atoms with Crippen LogP contribution in [0.25, 0.3) is 0 Å². The van der Waals surface area contributed by atoms with E-state index in [-0.39, 0.29) is 0 Å². The van der Waals surface area contributed by atoms with Crippen molar-refractivity contribution in [3.05, 3.63) is 15.6 Å². The van der Waals surface area contributed by atoms with Gasteiger partial charge in [-0.3, -0.25) is 4.90 Å². The molecule has 1 aromatic heterocycles. The van der Waals surface area contributed by atoms with E-state index in [2.05, 4.69) is 29.2 Å². The second kappa shape index (κ2) is 7.47. The summed E-state index contributed by atoms with van der Waals surface area (Å²) in [7, 11) is 8.11. The Kier molecular flexibility index (Phi) is 5.92. The van der Waals surface area contributed by atoms with Gasteiger partial charge >= 0.3 is 0 Å². The number of hydrogen-bond acceptors (Lipinski definition) is 6. The number of hydrogen-bond donors (Lipinski definition) is 1. The topological polar surface area (TPSA) is 40.6 Å². The van der Waals surface area contributed by atoms with E-state index in [1.807, 2.05) is 18.4 Å². The SMILES string of the molecule is CNCc1sc(C2CN(C)CCCN2C)nc1COC. The average molecular weight is 298 g/mol. The van der Waals surface area contributed by atoms with E-state index in [0.29, 0.717) is 12.6 Å². The van der Waals surface area contributed by atoms with Gasteiger partial charge in [-0.05, 0) is 40.7 Å². The lowest BCUT2D eigenvalue weighted by atomic mass is 10.2. The molecule has 114 valence electrons. The monoisotopic (exact) mass is 298 g/mol. The molecule has 0 bridgehead atoms. The first kappa shape index (κ1) is 15.9. The van der Waals surface area contributed by atoms with Crippen molar-refractivity contribution in [2.45, 2.75) is 25.6 Å². The fourth-order valence-electron chi connectivity index (χ4n) is 2.63. The van der Waals surface area contributed by atoms with Crippen LogP contribution in [0.3, 0.4) is 0 Å². The molecule has 1 saturated heterocycles. The molecule has 1 N–H and O–H groups in total. The Morgan fingerprint density at radius 3 is 2.90 bits per heavy atom. The number of aromatic nitrogens is 1. The summed E-state index contributed by atoms with van der Waals surface area (Å²) in [5.74, 6) is 0. The van der Waals surface area contributed by atoms with Crippen molar-refractivity contribution >= 4 is 11.3 Å². The summed E-state index contributed by atoms with van der Waals surface area (Å²) in [4.78, 5) is 11.0. The van der Waals surface area contributed by atoms with Gasteiger partial charge in [0.2, 0.25) is 0 Å². The molecule has 20 heavy (non-hydrogen) atoms. The molecule has 6 heteroatoms. The van der Waals surface area contributed by atoms with Gasteiger partial charge in [0.1, 0.15) is 5.01 Å². The quantitative estimate of drug-likeness (QED) is 0.888. The molecular formula is C14H26N4OS. The third-order valence-corrected chi connectivity index (χ3v) is 4.96. The maximum atomic E-state index is 5.28. The highest BCUT2D eigenvalue weighted by atomic mass is 32.1. The maximum absolute atomic E-state index is 5.28. The highest BCUT2D eigenvalue weighted by molar-refractivity contribution is 7.11. The summed E-state index contributed by atoms with van der Waals surface area (Å²) in [6, 6.07) is 0.397. The van der Waals surface area contributed by atoms with Crippen LogP contribution in [-0.4, -0.2) is 62.7 Å². The fourth-order valence-corrected chi connectivity index (χ4v) is 3.87. The van der Waals surface area contributed by atoms with Gasteiger partial charge in [-0.1, -0.05) is 0 Å². The average Bonchev–Trinajstić information content (AvgIpc) is 2.71. The van der Waals surface area contributed by atoms with Crippen molar-refractivity contribution < 1.29 is 4.74 Å². The third-order valence-electron chi connectivity index (χ3n) is 3.77. The molecule has 0 radical (unpaired) electrons. The maximum Gasteiger partial charge on any atom is 0.112 e. The highest BCUT2D eigenvalue weighted by Crippen LogP contribution is 2.29. The molecule has 0 saturated carbocycles. The Morgan fingerprint density at radius 1 is 1.40 bits per heavy atom. The van der Waals surface area contributed by atoms with Gasteiger partial charge in [0.25, 0.3) is 0 Å². The van der Waals surface area contributed by atoms with E-state index in [9.17, 15) is 0 Å². The number of ether oxygens (including phenoxy) is 1. The summed E-state index contributed by atoms with van der Waals surface area (Å²) >= 11 is 1.82. The molecule has 2 heterocycles. The normalized spacial score (nSPS) is 22.1. The van der Waals surface area contributed by atoms with Crippen LogP contribution in [0, 0.1) is 0 Å². The van der Waals surface area contributed by atoms with Crippen molar-refractivity contribution in [3.8, 4) is 0 Å². The van der Waals surface area contributed by atoms with Crippen LogP contribution in [0.5, 0.6) is 0 Å². The van der Waals surface area contributed by atoms with Crippen LogP contribution >= 0.6 is 11.3 Å². The summed E-state index contributed by atoms with van der Waals surface area (Å²) in [5, 5.41) is 4.44. The predicted octanol–water partition coefficient (Wildman–Crippen LogP) is 1.32. The molecule has 1 atom stereocenters. The second-order valence-electron chi connectivity index (χ2n) is 5.50. The number of methoxy groups -OCH3 is 1. The third kappa shape index (κ3) is 3.77. The standard InChI is InChI=1S/C14H26N4OS/c1-15-8-13-11(10-19-4)16-14(20-13)12-9-17(2)6-5-7-18(12)3/h12,15H,5-10H2,1-4H3. The molecule has 1 aliphatic heterocycles. The highest BCUT2D eigenvalue weighted by Gasteiger charge is 2.26. The zero-order valence-electron chi connectivity index (χ0n) is 13.0. The van der Waals surface area contributed by atoms with Gasteiger partial charge in [-0.2, -0.15) is 0 Å². The van der Waals surface area contributed by atoms with E-state index in [1.165, 1.54) is 22.9 Å². The summed E-state index contributed by atoms with van der Waals surface area (Å²) < 4.78 is 5.28. The van der Waals surface area contributed by atoms with Gasteiger partial charge < -0.3 is 15.0 Å². The molecule has 0 aromatic carbocycles. The van der Waals surface area contributed by atoms with E-state index in [0.717, 1.165) is 25.3 Å². The lowest BCUT2D eigenvalue weighted by Gasteiger charge is -2.25. The predicted molar refractivity (Wildman–Crippen MR) is 83.1 cm³/mol. The first-order chi connectivity index (χ1) is 9.65. The van der Waals surface area contributed by atoms with Gasteiger partial charge in [-0.15, -0.1) is 11.3 Å². The van der Waals surface area contributed by atoms with E-state index in [4.69, 9.17) is 9.72 Å². The largest absolute Gasteiger partial charge is 0.378 e. The number of nitrogens with zero attached hydrogens (tertiary/aromatic N) is 3. The van der Waals surface area contributed by atoms with Crippen LogP contribution in [0.2, 0.25) is 0 Å². The van der Waals surface area contributed by atoms with Crippen molar-refractivity contribution in [2.75, 3.05) is 47.9 Å². The zero-order chi connectivity index (χ0) is 14.5. The minimum absolute atomic E-state index is 0.397. The van der Waals surface area contributed by atoms with E-state index >= 15 is 0 Å². The molecule has 2 rings (SSSR count). The van der Waals surface area contributed by atoms with Gasteiger partial charge in [0.15, 0.2) is 0 Å². The van der Waals surface area contributed by atoms with Crippen LogP contribution < -0.4 is 5.32 Å². The van der Waals surface area contributed by atoms with Crippen LogP contribution in [-0.2, 0) is 17.9 Å². The summed E-state index contributed by atoms with van der Waals surface area (Å²) in [6.45, 7) is 4.81. The lowest BCUT2D eigenvalue weighted by Crippen LogP contribution is -2.30. The number of thiazole rings is 1. The zero-order valence-corrected chi connectivity index (χ0v) is 13.8. The molecule has 5 nitrogen and oxygen atoms in total. The molecule has 0 spiro atoms. The van der Waals surface area contributed by atoms with Crippen molar-refractivity contribution in [2.24, 2.45) is 0 Å². The molecule has 0 amide bonds. The molecule has 1 aliphatic rings. The van der Waals surface area contributed by atoms with Gasteiger partial charge in [0, 0.05) is 25.1 Å². The number of nitrogens with one attached hydrogen (secondary N) is 1. The Balaban J connectivity index is 2.23. The van der Waals surface area contributed by atoms with Gasteiger partial charge in [-0.25, -0.2) is 4.98 Å². The van der Waals surface area contributed by atoms with Gasteiger partial charge in [0.05, 0.1) is 18.3 Å². The van der Waals surface area contributed by atoms with Crippen molar-refractivity contribution in [1.82, 2.24) is 20.1 Å². The lowest BCUT2D eigenvalue weighted by molar-refractivity contribution is 0.180. The first-order valence-corrected chi connectivity index (χ1v) is 7.98. The van der Waals surface area contributed by atoms with Crippen LogP contribution in [0.4, 0.5) is 0 Å². The minimum Gasteiger partial charge on any atom is -0.378 e. The van der Waals surface area contributed by atoms with E-state index < -0.39 is 0 Å². The Labute approximate surface area is 125 Å². The molecule has 1 fully saturated rings. The summed E-state index contributed by atoms with van der Waals surface area (Å²) in [6.07, 6.45) is 1.23. The minimum atomic E-state index is 0.397. The van der Waals surface area contributed by atoms with Crippen LogP contribution in [0.15, 0.2) is 0 Å². The first-order valence-electron chi connectivity index (χ1n) is 7.16. The smallest absolute Gasteiger partial charge is 0.112 e. The van der Waals surface area contributed by atoms with Crippen LogP contribution in [0.1, 0.15) is 28.0 Å². The second-order valence-corrected chi connectivity index (χ2v) is 6.61. The van der Waals surface area contributed by atoms with Crippen molar-refractivity contribution in [3.63, 3.8) is 0 Å². The molecular weight excluding hydrogens is 272 g/mol. The number of likely N-dealkylation sites (N-methyl/N-ethyl adjacent to an activating group) is 2.